The van der Waals surface area contributed by atoms with Crippen LogP contribution in [0.15, 0.2) is 45.4 Å². The zero-order valence-corrected chi connectivity index (χ0v) is 11.5. The van der Waals surface area contributed by atoms with Crippen molar-refractivity contribution in [1.29, 1.82) is 0 Å². The first-order chi connectivity index (χ1) is 9.19. The van der Waals surface area contributed by atoms with Crippen molar-refractivity contribution in [3.05, 3.63) is 58.7 Å². The van der Waals surface area contributed by atoms with Crippen LogP contribution in [-0.2, 0) is 0 Å². The maximum atomic E-state index is 5.99. The lowest BCUT2D eigenvalue weighted by Gasteiger charge is -2.12. The van der Waals surface area contributed by atoms with Crippen molar-refractivity contribution in [3.8, 4) is 0 Å². The average molecular weight is 276 g/mol. The van der Waals surface area contributed by atoms with Crippen LogP contribution in [0.1, 0.15) is 23.1 Å². The van der Waals surface area contributed by atoms with Crippen molar-refractivity contribution in [3.63, 3.8) is 0 Å². The molecule has 2 aromatic heterocycles. The molecule has 1 unspecified atom stereocenters. The molecule has 0 radical (unpaired) electrons. The molecule has 3 nitrogen and oxygen atoms in total. The topological polar surface area (TPSA) is 38.3 Å². The van der Waals surface area contributed by atoms with Crippen LogP contribution in [-0.4, -0.2) is 7.05 Å². The first-order valence-electron chi connectivity index (χ1n) is 6.09. The summed E-state index contributed by atoms with van der Waals surface area (Å²) in [6, 6.07) is 9.56. The third-order valence-electron chi connectivity index (χ3n) is 3.28. The van der Waals surface area contributed by atoms with E-state index >= 15 is 0 Å². The van der Waals surface area contributed by atoms with Crippen molar-refractivity contribution < 1.29 is 8.83 Å². The van der Waals surface area contributed by atoms with Crippen LogP contribution in [0.5, 0.6) is 0 Å². The summed E-state index contributed by atoms with van der Waals surface area (Å²) in [7, 11) is 1.90. The minimum Gasteiger partial charge on any atom is -0.469 e. The van der Waals surface area contributed by atoms with Crippen molar-refractivity contribution in [2.24, 2.45) is 0 Å². The second kappa shape index (κ2) is 4.76. The number of furan rings is 2. The molecule has 0 saturated carbocycles. The number of aryl methyl sites for hydroxylation is 1. The molecular formula is C15H14ClNO2. The first kappa shape index (κ1) is 12.3. The van der Waals surface area contributed by atoms with Crippen LogP contribution in [0.25, 0.3) is 11.0 Å². The molecule has 4 heteroatoms. The van der Waals surface area contributed by atoms with E-state index in [2.05, 4.69) is 5.32 Å². The molecular weight excluding hydrogens is 262 g/mol. The Hall–Kier alpha value is -1.71. The number of halogens is 1. The average Bonchev–Trinajstić information content (AvgIpc) is 2.97. The Morgan fingerprint density at radius 3 is 2.74 bits per heavy atom. The molecule has 2 heterocycles. The van der Waals surface area contributed by atoms with Gasteiger partial charge in [0.15, 0.2) is 0 Å². The Kier molecular flexibility index (Phi) is 3.09. The van der Waals surface area contributed by atoms with Gasteiger partial charge in [0, 0.05) is 16.0 Å². The monoisotopic (exact) mass is 275 g/mol. The van der Waals surface area contributed by atoms with Crippen molar-refractivity contribution in [1.82, 2.24) is 5.32 Å². The van der Waals surface area contributed by atoms with Gasteiger partial charge in [-0.25, -0.2) is 0 Å². The fourth-order valence-electron chi connectivity index (χ4n) is 2.32. The minimum absolute atomic E-state index is 0.0232. The number of nitrogens with one attached hydrogen (secondary N) is 1. The Morgan fingerprint density at radius 1 is 1.21 bits per heavy atom. The van der Waals surface area contributed by atoms with Crippen LogP contribution < -0.4 is 5.32 Å². The third-order valence-corrected chi connectivity index (χ3v) is 3.52. The lowest BCUT2D eigenvalue weighted by molar-refractivity contribution is 0.478. The van der Waals surface area contributed by atoms with Gasteiger partial charge < -0.3 is 14.2 Å². The molecule has 0 amide bonds. The van der Waals surface area contributed by atoms with Crippen LogP contribution in [0.3, 0.4) is 0 Å². The van der Waals surface area contributed by atoms with Gasteiger partial charge in [0.2, 0.25) is 0 Å². The molecule has 0 spiro atoms. The predicted molar refractivity (Wildman–Crippen MR) is 75.6 cm³/mol. The molecule has 3 rings (SSSR count). The summed E-state index contributed by atoms with van der Waals surface area (Å²) in [5.74, 6) is 1.74. The van der Waals surface area contributed by atoms with Gasteiger partial charge in [-0.1, -0.05) is 11.6 Å². The molecule has 19 heavy (non-hydrogen) atoms. The number of benzene rings is 1. The lowest BCUT2D eigenvalue weighted by Crippen LogP contribution is -2.17. The molecule has 98 valence electrons. The number of hydrogen-bond donors (Lipinski definition) is 1. The molecule has 3 aromatic rings. The van der Waals surface area contributed by atoms with Crippen molar-refractivity contribution >= 4 is 22.6 Å². The van der Waals surface area contributed by atoms with Crippen molar-refractivity contribution in [2.45, 2.75) is 13.0 Å². The highest BCUT2D eigenvalue weighted by Crippen LogP contribution is 2.31. The molecule has 1 atom stereocenters. The number of hydrogen-bond acceptors (Lipinski definition) is 3. The van der Waals surface area contributed by atoms with Gasteiger partial charge in [0.05, 0.1) is 12.3 Å². The maximum Gasteiger partial charge on any atom is 0.134 e. The summed E-state index contributed by atoms with van der Waals surface area (Å²) in [6.07, 6.45) is 1.69. The molecule has 0 aliphatic carbocycles. The molecule has 0 aliphatic heterocycles. The second-order valence-corrected chi connectivity index (χ2v) is 4.92. The van der Waals surface area contributed by atoms with E-state index in [4.69, 9.17) is 20.4 Å². The van der Waals surface area contributed by atoms with E-state index in [1.807, 2.05) is 44.3 Å². The van der Waals surface area contributed by atoms with E-state index in [-0.39, 0.29) is 6.04 Å². The normalized spacial score (nSPS) is 13.0. The molecule has 0 aliphatic rings. The minimum atomic E-state index is -0.0232. The summed E-state index contributed by atoms with van der Waals surface area (Å²) in [6.45, 7) is 1.94. The molecule has 0 bridgehead atoms. The Bertz CT molecular complexity index is 714. The standard InChI is InChI=1S/C15H14ClNO2/c1-9-12(5-6-18-9)15(17-2)14-8-10-7-11(16)3-4-13(10)19-14/h3-8,15,17H,1-2H3. The van der Waals surface area contributed by atoms with Gasteiger partial charge in [-0.2, -0.15) is 0 Å². The van der Waals surface area contributed by atoms with E-state index in [9.17, 15) is 0 Å². The van der Waals surface area contributed by atoms with Gasteiger partial charge >= 0.3 is 0 Å². The molecule has 0 saturated heterocycles. The highest BCUT2D eigenvalue weighted by molar-refractivity contribution is 6.31. The second-order valence-electron chi connectivity index (χ2n) is 4.48. The summed E-state index contributed by atoms with van der Waals surface area (Å²) >= 11 is 5.99. The molecule has 1 N–H and O–H groups in total. The van der Waals surface area contributed by atoms with Gasteiger partial charge in [0.1, 0.15) is 17.1 Å². The highest BCUT2D eigenvalue weighted by Gasteiger charge is 2.20. The van der Waals surface area contributed by atoms with Crippen LogP contribution >= 0.6 is 11.6 Å². The van der Waals surface area contributed by atoms with E-state index in [1.54, 1.807) is 6.26 Å². The maximum absolute atomic E-state index is 5.99. The van der Waals surface area contributed by atoms with Crippen LogP contribution in [0.2, 0.25) is 5.02 Å². The highest BCUT2D eigenvalue weighted by atomic mass is 35.5. The number of fused-ring (bicyclic) bond motifs is 1. The van der Waals surface area contributed by atoms with Gasteiger partial charge in [0.25, 0.3) is 0 Å². The predicted octanol–water partition coefficient (Wildman–Crippen LogP) is 4.30. The summed E-state index contributed by atoms with van der Waals surface area (Å²) in [5.41, 5.74) is 1.91. The van der Waals surface area contributed by atoms with Gasteiger partial charge in [-0.3, -0.25) is 0 Å². The van der Waals surface area contributed by atoms with E-state index < -0.39 is 0 Å². The Morgan fingerprint density at radius 2 is 2.05 bits per heavy atom. The van der Waals surface area contributed by atoms with Crippen molar-refractivity contribution in [2.75, 3.05) is 7.05 Å². The van der Waals surface area contributed by atoms with Gasteiger partial charge in [-0.15, -0.1) is 0 Å². The number of rotatable bonds is 3. The van der Waals surface area contributed by atoms with Crippen LogP contribution in [0.4, 0.5) is 0 Å². The SMILES string of the molecule is CNC(c1cc2cc(Cl)ccc2o1)c1ccoc1C. The van der Waals surface area contributed by atoms with E-state index in [0.717, 1.165) is 28.1 Å². The fourth-order valence-corrected chi connectivity index (χ4v) is 2.50. The summed E-state index contributed by atoms with van der Waals surface area (Å²) in [5, 5.41) is 4.96. The third kappa shape index (κ3) is 2.15. The van der Waals surface area contributed by atoms with E-state index in [1.165, 1.54) is 0 Å². The molecule has 1 aromatic carbocycles. The largest absolute Gasteiger partial charge is 0.469 e. The zero-order valence-electron chi connectivity index (χ0n) is 10.7. The Labute approximate surface area is 116 Å². The smallest absolute Gasteiger partial charge is 0.134 e. The summed E-state index contributed by atoms with van der Waals surface area (Å²) in [4.78, 5) is 0. The Balaban J connectivity index is 2.09. The first-order valence-corrected chi connectivity index (χ1v) is 6.47. The molecule has 0 fully saturated rings. The van der Waals surface area contributed by atoms with E-state index in [0.29, 0.717) is 5.02 Å². The fraction of sp³-hybridized carbons (Fsp3) is 0.200. The lowest BCUT2D eigenvalue weighted by atomic mass is 10.1. The van der Waals surface area contributed by atoms with Crippen LogP contribution in [0, 0.1) is 6.92 Å². The zero-order chi connectivity index (χ0) is 13.4. The quantitative estimate of drug-likeness (QED) is 0.775. The summed E-state index contributed by atoms with van der Waals surface area (Å²) < 4.78 is 11.3. The van der Waals surface area contributed by atoms with Gasteiger partial charge in [-0.05, 0) is 44.3 Å².